The van der Waals surface area contributed by atoms with Crippen molar-refractivity contribution in [2.75, 3.05) is 18.0 Å². The van der Waals surface area contributed by atoms with Crippen LogP contribution < -0.4 is 10.6 Å². The second-order valence-electron chi connectivity index (χ2n) is 3.92. The second kappa shape index (κ2) is 4.73. The SMILES string of the molecule is NC1CCN(c2cc(Br)ccc2Cl)CC1. The first kappa shape index (κ1) is 11.2. The summed E-state index contributed by atoms with van der Waals surface area (Å²) in [6, 6.07) is 6.31. The van der Waals surface area contributed by atoms with Crippen molar-refractivity contribution < 1.29 is 0 Å². The highest BCUT2D eigenvalue weighted by atomic mass is 79.9. The Morgan fingerprint density at radius 1 is 1.33 bits per heavy atom. The molecule has 4 heteroatoms. The predicted molar refractivity (Wildman–Crippen MR) is 68.6 cm³/mol. The fraction of sp³-hybridized carbons (Fsp3) is 0.455. The molecule has 0 aliphatic carbocycles. The molecule has 2 nitrogen and oxygen atoms in total. The minimum absolute atomic E-state index is 0.354. The maximum atomic E-state index is 6.17. The van der Waals surface area contributed by atoms with Crippen LogP contribution in [0.2, 0.25) is 5.02 Å². The average Bonchev–Trinajstić information content (AvgIpc) is 2.23. The lowest BCUT2D eigenvalue weighted by Crippen LogP contribution is -2.39. The Kier molecular flexibility index (Phi) is 3.54. The normalized spacial score (nSPS) is 18.2. The minimum atomic E-state index is 0.354. The molecule has 1 aliphatic rings. The molecule has 15 heavy (non-hydrogen) atoms. The fourth-order valence-corrected chi connectivity index (χ4v) is 2.45. The van der Waals surface area contributed by atoms with Crippen LogP contribution in [0.25, 0.3) is 0 Å². The summed E-state index contributed by atoms with van der Waals surface area (Å²) in [7, 11) is 0. The smallest absolute Gasteiger partial charge is 0.0640 e. The lowest BCUT2D eigenvalue weighted by molar-refractivity contribution is 0.501. The third kappa shape index (κ3) is 2.65. The molecule has 1 saturated heterocycles. The van der Waals surface area contributed by atoms with Crippen molar-refractivity contribution in [2.45, 2.75) is 18.9 Å². The number of benzene rings is 1. The quantitative estimate of drug-likeness (QED) is 0.861. The zero-order valence-electron chi connectivity index (χ0n) is 8.42. The molecule has 1 aromatic carbocycles. The molecule has 0 saturated carbocycles. The molecule has 1 heterocycles. The van der Waals surface area contributed by atoms with E-state index in [0.717, 1.165) is 41.1 Å². The van der Waals surface area contributed by atoms with E-state index in [-0.39, 0.29) is 0 Å². The van der Waals surface area contributed by atoms with Gasteiger partial charge in [-0.25, -0.2) is 0 Å². The molecule has 0 atom stereocenters. The van der Waals surface area contributed by atoms with Crippen LogP contribution in [-0.4, -0.2) is 19.1 Å². The summed E-state index contributed by atoms with van der Waals surface area (Å²) in [5, 5.41) is 0.814. The van der Waals surface area contributed by atoms with Gasteiger partial charge in [-0.15, -0.1) is 0 Å². The summed E-state index contributed by atoms with van der Waals surface area (Å²) in [6.45, 7) is 1.99. The molecule has 0 amide bonds. The van der Waals surface area contributed by atoms with Gasteiger partial charge in [0, 0.05) is 23.6 Å². The van der Waals surface area contributed by atoms with E-state index in [1.165, 1.54) is 0 Å². The molecule has 0 aromatic heterocycles. The number of nitrogens with two attached hydrogens (primary N) is 1. The van der Waals surface area contributed by atoms with Gasteiger partial charge >= 0.3 is 0 Å². The highest BCUT2D eigenvalue weighted by molar-refractivity contribution is 9.10. The van der Waals surface area contributed by atoms with Crippen molar-refractivity contribution in [2.24, 2.45) is 5.73 Å². The van der Waals surface area contributed by atoms with Crippen LogP contribution in [0, 0.1) is 0 Å². The number of anilines is 1. The molecule has 82 valence electrons. The summed E-state index contributed by atoms with van der Waals surface area (Å²) < 4.78 is 1.07. The van der Waals surface area contributed by atoms with Crippen LogP contribution >= 0.6 is 27.5 Å². The Morgan fingerprint density at radius 3 is 2.67 bits per heavy atom. The molecular formula is C11H14BrClN2. The van der Waals surface area contributed by atoms with E-state index in [1.807, 2.05) is 12.1 Å². The van der Waals surface area contributed by atoms with Crippen LogP contribution in [0.3, 0.4) is 0 Å². The largest absolute Gasteiger partial charge is 0.370 e. The molecule has 2 N–H and O–H groups in total. The Labute approximate surface area is 104 Å². The Morgan fingerprint density at radius 2 is 2.00 bits per heavy atom. The lowest BCUT2D eigenvalue weighted by Gasteiger charge is -2.32. The van der Waals surface area contributed by atoms with Crippen LogP contribution in [0.15, 0.2) is 22.7 Å². The van der Waals surface area contributed by atoms with Crippen LogP contribution in [0.5, 0.6) is 0 Å². The van der Waals surface area contributed by atoms with Gasteiger partial charge in [0.1, 0.15) is 0 Å². The fourth-order valence-electron chi connectivity index (χ4n) is 1.87. The van der Waals surface area contributed by atoms with Gasteiger partial charge in [-0.1, -0.05) is 27.5 Å². The van der Waals surface area contributed by atoms with Crippen molar-refractivity contribution in [3.63, 3.8) is 0 Å². The summed E-state index contributed by atoms with van der Waals surface area (Å²) in [5.41, 5.74) is 6.98. The molecule has 0 bridgehead atoms. The number of hydrogen-bond acceptors (Lipinski definition) is 2. The topological polar surface area (TPSA) is 29.3 Å². The van der Waals surface area contributed by atoms with E-state index < -0.39 is 0 Å². The molecule has 1 aromatic rings. The van der Waals surface area contributed by atoms with Crippen molar-refractivity contribution in [1.82, 2.24) is 0 Å². The van der Waals surface area contributed by atoms with E-state index >= 15 is 0 Å². The van der Waals surface area contributed by atoms with Gasteiger partial charge in [0.05, 0.1) is 10.7 Å². The Bertz CT molecular complexity index is 348. The van der Waals surface area contributed by atoms with Gasteiger partial charge in [0.2, 0.25) is 0 Å². The van der Waals surface area contributed by atoms with E-state index in [9.17, 15) is 0 Å². The number of hydrogen-bond donors (Lipinski definition) is 1. The first-order valence-corrected chi connectivity index (χ1v) is 6.29. The Hall–Kier alpha value is -0.250. The number of rotatable bonds is 1. The molecule has 0 radical (unpaired) electrons. The standard InChI is InChI=1S/C11H14BrClN2/c12-8-1-2-10(13)11(7-8)15-5-3-9(14)4-6-15/h1-2,7,9H,3-6,14H2. The first-order chi connectivity index (χ1) is 7.16. The van der Waals surface area contributed by atoms with Gasteiger partial charge in [-0.05, 0) is 31.0 Å². The van der Waals surface area contributed by atoms with Gasteiger partial charge < -0.3 is 10.6 Å². The van der Waals surface area contributed by atoms with Crippen molar-refractivity contribution in [3.05, 3.63) is 27.7 Å². The summed E-state index contributed by atoms with van der Waals surface area (Å²) >= 11 is 9.64. The maximum absolute atomic E-state index is 6.17. The van der Waals surface area contributed by atoms with E-state index in [0.29, 0.717) is 6.04 Å². The van der Waals surface area contributed by atoms with Gasteiger partial charge in [0.25, 0.3) is 0 Å². The average molecular weight is 290 g/mol. The molecule has 0 spiro atoms. The van der Waals surface area contributed by atoms with Crippen molar-refractivity contribution >= 4 is 33.2 Å². The summed E-state index contributed by atoms with van der Waals surface area (Å²) in [6.07, 6.45) is 2.09. The third-order valence-corrected chi connectivity index (χ3v) is 3.60. The predicted octanol–water partition coefficient (Wildman–Crippen LogP) is 3.03. The van der Waals surface area contributed by atoms with Gasteiger partial charge in [0.15, 0.2) is 0 Å². The Balaban J connectivity index is 2.18. The van der Waals surface area contributed by atoms with Gasteiger partial charge in [-0.2, -0.15) is 0 Å². The molecular weight excluding hydrogens is 275 g/mol. The molecule has 2 rings (SSSR count). The molecule has 0 unspecified atom stereocenters. The highest BCUT2D eigenvalue weighted by Gasteiger charge is 2.18. The van der Waals surface area contributed by atoms with E-state index in [4.69, 9.17) is 17.3 Å². The highest BCUT2D eigenvalue weighted by Crippen LogP contribution is 2.30. The third-order valence-electron chi connectivity index (χ3n) is 2.79. The van der Waals surface area contributed by atoms with E-state index in [2.05, 4.69) is 26.9 Å². The first-order valence-electron chi connectivity index (χ1n) is 5.12. The maximum Gasteiger partial charge on any atom is 0.0640 e. The molecule has 1 fully saturated rings. The molecule has 1 aliphatic heterocycles. The lowest BCUT2D eigenvalue weighted by atomic mass is 10.1. The monoisotopic (exact) mass is 288 g/mol. The minimum Gasteiger partial charge on any atom is -0.370 e. The number of piperidine rings is 1. The number of nitrogens with zero attached hydrogens (tertiary/aromatic N) is 1. The zero-order chi connectivity index (χ0) is 10.8. The van der Waals surface area contributed by atoms with Crippen molar-refractivity contribution in [3.8, 4) is 0 Å². The summed E-state index contributed by atoms with van der Waals surface area (Å²) in [4.78, 5) is 2.30. The van der Waals surface area contributed by atoms with Crippen LogP contribution in [0.1, 0.15) is 12.8 Å². The zero-order valence-corrected chi connectivity index (χ0v) is 10.8. The number of halogens is 2. The van der Waals surface area contributed by atoms with Crippen molar-refractivity contribution in [1.29, 1.82) is 0 Å². The second-order valence-corrected chi connectivity index (χ2v) is 5.24. The van der Waals surface area contributed by atoms with Crippen LogP contribution in [-0.2, 0) is 0 Å². The van der Waals surface area contributed by atoms with Crippen LogP contribution in [0.4, 0.5) is 5.69 Å². The summed E-state index contributed by atoms with van der Waals surface area (Å²) in [5.74, 6) is 0. The van der Waals surface area contributed by atoms with E-state index in [1.54, 1.807) is 0 Å². The van der Waals surface area contributed by atoms with Gasteiger partial charge in [-0.3, -0.25) is 0 Å².